The van der Waals surface area contributed by atoms with E-state index in [9.17, 15) is 5.11 Å². The molecule has 0 bridgehead atoms. The highest BCUT2D eigenvalue weighted by Gasteiger charge is 2.51. The van der Waals surface area contributed by atoms with E-state index in [-0.39, 0.29) is 18.3 Å². The van der Waals surface area contributed by atoms with Crippen LogP contribution in [0.15, 0.2) is 18.3 Å². The molecule has 1 saturated heterocycles. The molecular formula is C14H22BNO3. The molecule has 5 heteroatoms. The van der Waals surface area contributed by atoms with Crippen LogP contribution in [0.5, 0.6) is 0 Å². The van der Waals surface area contributed by atoms with Crippen molar-refractivity contribution in [3.8, 4) is 0 Å². The number of aliphatic hydroxyl groups is 1. The first kappa shape index (κ1) is 14.5. The number of pyridine rings is 1. The Morgan fingerprint density at radius 2 is 1.84 bits per heavy atom. The quantitative estimate of drug-likeness (QED) is 0.835. The minimum absolute atomic E-state index is 0.342. The first-order valence-corrected chi connectivity index (χ1v) is 6.70. The maximum atomic E-state index is 9.43. The van der Waals surface area contributed by atoms with Crippen molar-refractivity contribution in [2.24, 2.45) is 0 Å². The summed E-state index contributed by atoms with van der Waals surface area (Å²) in [5, 5.41) is 9.43. The third-order valence-electron chi connectivity index (χ3n) is 3.87. The van der Waals surface area contributed by atoms with Crippen LogP contribution in [0.25, 0.3) is 0 Å². The smallest absolute Gasteiger partial charge is 0.399 e. The Morgan fingerprint density at radius 1 is 1.26 bits per heavy atom. The minimum atomic E-state index is -0.402. The van der Waals surface area contributed by atoms with E-state index in [4.69, 9.17) is 9.31 Å². The van der Waals surface area contributed by atoms with Crippen LogP contribution in [0.3, 0.4) is 0 Å². The van der Waals surface area contributed by atoms with E-state index in [1.807, 2.05) is 39.8 Å². The summed E-state index contributed by atoms with van der Waals surface area (Å²) < 4.78 is 12.0. The van der Waals surface area contributed by atoms with Gasteiger partial charge in [-0.15, -0.1) is 0 Å². The summed E-state index contributed by atoms with van der Waals surface area (Å²) in [7, 11) is -0.374. The molecule has 1 aliphatic rings. The molecule has 0 amide bonds. The fourth-order valence-electron chi connectivity index (χ4n) is 2.04. The van der Waals surface area contributed by atoms with Crippen molar-refractivity contribution in [2.75, 3.05) is 0 Å². The second-order valence-electron chi connectivity index (χ2n) is 6.22. The molecule has 0 spiro atoms. The molecule has 4 nitrogen and oxygen atoms in total. The monoisotopic (exact) mass is 263 g/mol. The van der Waals surface area contributed by atoms with Crippen LogP contribution in [-0.4, -0.2) is 34.5 Å². The van der Waals surface area contributed by atoms with Crippen LogP contribution < -0.4 is 5.46 Å². The predicted molar refractivity (Wildman–Crippen MR) is 75.3 cm³/mol. The molecule has 1 aromatic heterocycles. The van der Waals surface area contributed by atoms with Gasteiger partial charge in [0.05, 0.1) is 17.3 Å². The van der Waals surface area contributed by atoms with Crippen LogP contribution in [0.1, 0.15) is 40.3 Å². The van der Waals surface area contributed by atoms with Crippen LogP contribution in [-0.2, 0) is 15.7 Å². The van der Waals surface area contributed by atoms with Gasteiger partial charge >= 0.3 is 7.12 Å². The van der Waals surface area contributed by atoms with E-state index in [0.29, 0.717) is 6.42 Å². The van der Waals surface area contributed by atoms with E-state index in [1.54, 1.807) is 13.1 Å². The molecule has 104 valence electrons. The first-order chi connectivity index (χ1) is 8.71. The van der Waals surface area contributed by atoms with Crippen LogP contribution in [0, 0.1) is 0 Å². The number of hydrogen-bond donors (Lipinski definition) is 1. The second-order valence-corrected chi connectivity index (χ2v) is 6.22. The number of aliphatic hydroxyl groups excluding tert-OH is 1. The van der Waals surface area contributed by atoms with Crippen molar-refractivity contribution in [3.05, 3.63) is 24.0 Å². The Hall–Kier alpha value is -0.905. The third-order valence-corrected chi connectivity index (χ3v) is 3.87. The molecule has 1 fully saturated rings. The normalized spacial score (nSPS) is 22.5. The first-order valence-electron chi connectivity index (χ1n) is 6.70. The molecule has 1 aromatic rings. The summed E-state index contributed by atoms with van der Waals surface area (Å²) >= 11 is 0. The van der Waals surface area contributed by atoms with Gasteiger partial charge in [0, 0.05) is 18.3 Å². The van der Waals surface area contributed by atoms with Gasteiger partial charge in [0.15, 0.2) is 0 Å². The Morgan fingerprint density at radius 3 is 2.37 bits per heavy atom. The van der Waals surface area contributed by atoms with Crippen LogP contribution in [0.4, 0.5) is 0 Å². The van der Waals surface area contributed by atoms with E-state index in [0.717, 1.165) is 11.2 Å². The summed E-state index contributed by atoms with van der Waals surface area (Å²) in [6.07, 6.45) is 1.87. The van der Waals surface area contributed by atoms with Gasteiger partial charge in [0.1, 0.15) is 0 Å². The molecule has 0 aliphatic carbocycles. The second kappa shape index (κ2) is 4.89. The van der Waals surface area contributed by atoms with Gasteiger partial charge in [-0.2, -0.15) is 0 Å². The topological polar surface area (TPSA) is 51.6 Å². The Kier molecular flexibility index (Phi) is 3.73. The molecule has 1 aliphatic heterocycles. The predicted octanol–water partition coefficient (Wildman–Crippen LogP) is 1.30. The zero-order valence-corrected chi connectivity index (χ0v) is 12.3. The van der Waals surface area contributed by atoms with E-state index >= 15 is 0 Å². The Bertz CT molecular complexity index is 444. The van der Waals surface area contributed by atoms with Crippen molar-refractivity contribution >= 4 is 12.6 Å². The molecule has 1 unspecified atom stereocenters. The summed E-state index contributed by atoms with van der Waals surface area (Å²) in [4.78, 5) is 4.25. The largest absolute Gasteiger partial charge is 0.494 e. The SMILES string of the molecule is CC(O)Cc1cc(B2OC(C)(C)C(C)(C)O2)ccn1. The molecule has 1 atom stereocenters. The summed E-state index contributed by atoms with van der Waals surface area (Å²) in [5.41, 5.74) is 1.11. The van der Waals surface area contributed by atoms with Gasteiger partial charge in [-0.05, 0) is 52.2 Å². The molecule has 1 N–H and O–H groups in total. The zero-order chi connectivity index (χ0) is 14.3. The van der Waals surface area contributed by atoms with Crippen molar-refractivity contribution < 1.29 is 14.4 Å². The van der Waals surface area contributed by atoms with E-state index < -0.39 is 6.10 Å². The standard InChI is InChI=1S/C14H22BNO3/c1-10(17)8-12-9-11(6-7-16-12)15-18-13(2,3)14(4,5)19-15/h6-7,9-10,17H,8H2,1-5H3. The van der Waals surface area contributed by atoms with E-state index in [2.05, 4.69) is 4.98 Å². The van der Waals surface area contributed by atoms with Crippen LogP contribution in [0.2, 0.25) is 0 Å². The maximum absolute atomic E-state index is 9.43. The highest BCUT2D eigenvalue weighted by Crippen LogP contribution is 2.36. The highest BCUT2D eigenvalue weighted by atomic mass is 16.7. The molecule has 19 heavy (non-hydrogen) atoms. The van der Waals surface area contributed by atoms with Crippen molar-refractivity contribution in [1.82, 2.24) is 4.98 Å². The zero-order valence-electron chi connectivity index (χ0n) is 12.3. The van der Waals surface area contributed by atoms with Crippen molar-refractivity contribution in [3.63, 3.8) is 0 Å². The highest BCUT2D eigenvalue weighted by molar-refractivity contribution is 6.62. The minimum Gasteiger partial charge on any atom is -0.399 e. The van der Waals surface area contributed by atoms with E-state index in [1.165, 1.54) is 0 Å². The van der Waals surface area contributed by atoms with Gasteiger partial charge < -0.3 is 14.4 Å². The van der Waals surface area contributed by atoms with Gasteiger partial charge in [-0.25, -0.2) is 0 Å². The Labute approximate surface area is 115 Å². The van der Waals surface area contributed by atoms with Gasteiger partial charge in [-0.1, -0.05) is 0 Å². The lowest BCUT2D eigenvalue weighted by Crippen LogP contribution is -2.41. The fraction of sp³-hybridized carbons (Fsp3) is 0.643. The summed E-state index contributed by atoms with van der Waals surface area (Å²) in [6, 6.07) is 3.84. The summed E-state index contributed by atoms with van der Waals surface area (Å²) in [5.74, 6) is 0. The lowest BCUT2D eigenvalue weighted by Gasteiger charge is -2.32. The molecule has 0 aromatic carbocycles. The van der Waals surface area contributed by atoms with Crippen molar-refractivity contribution in [2.45, 2.75) is 58.3 Å². The average Bonchev–Trinajstić information content (AvgIpc) is 2.47. The maximum Gasteiger partial charge on any atom is 0.494 e. The van der Waals surface area contributed by atoms with Gasteiger partial charge in [-0.3, -0.25) is 4.98 Å². The van der Waals surface area contributed by atoms with Crippen LogP contribution >= 0.6 is 0 Å². The molecule has 0 radical (unpaired) electrons. The van der Waals surface area contributed by atoms with Crippen molar-refractivity contribution in [1.29, 1.82) is 0 Å². The third kappa shape index (κ3) is 2.99. The lowest BCUT2D eigenvalue weighted by atomic mass is 9.79. The van der Waals surface area contributed by atoms with Gasteiger partial charge in [0.25, 0.3) is 0 Å². The molecule has 2 rings (SSSR count). The number of aromatic nitrogens is 1. The average molecular weight is 263 g/mol. The molecular weight excluding hydrogens is 241 g/mol. The number of hydrogen-bond acceptors (Lipinski definition) is 4. The number of nitrogens with zero attached hydrogens (tertiary/aromatic N) is 1. The lowest BCUT2D eigenvalue weighted by molar-refractivity contribution is 0.00578. The summed E-state index contributed by atoms with van der Waals surface area (Å²) in [6.45, 7) is 9.88. The van der Waals surface area contributed by atoms with Gasteiger partial charge in [0.2, 0.25) is 0 Å². The Balaban J connectivity index is 2.20. The molecule has 0 saturated carbocycles. The molecule has 2 heterocycles. The fourth-order valence-corrected chi connectivity index (χ4v) is 2.04. The number of rotatable bonds is 3.